The summed E-state index contributed by atoms with van der Waals surface area (Å²) in [6.45, 7) is 1.94. The van der Waals surface area contributed by atoms with Crippen LogP contribution >= 0.6 is 23.2 Å². The van der Waals surface area contributed by atoms with Crippen LogP contribution < -0.4 is 0 Å². The molecule has 0 amide bonds. The second-order valence-corrected chi connectivity index (χ2v) is 5.00. The van der Waals surface area contributed by atoms with E-state index in [0.29, 0.717) is 11.1 Å². The molecule has 0 bridgehead atoms. The minimum Gasteiger partial charge on any atom is -0.192 e. The second kappa shape index (κ2) is 7.03. The third-order valence-corrected chi connectivity index (χ3v) is 3.42. The zero-order valence-electron chi connectivity index (χ0n) is 11.2. The Hall–Kier alpha value is -2.15. The molecule has 0 unspecified atom stereocenters. The van der Waals surface area contributed by atoms with Gasteiger partial charge in [0.2, 0.25) is 0 Å². The molecule has 2 aromatic carbocycles. The molecule has 0 fully saturated rings. The molecule has 0 aliphatic rings. The summed E-state index contributed by atoms with van der Waals surface area (Å²) in [5, 5.41) is 17.1. The van der Waals surface area contributed by atoms with Crippen molar-refractivity contribution in [2.45, 2.75) is 6.92 Å². The van der Waals surface area contributed by atoms with E-state index in [4.69, 9.17) is 28.5 Å². The van der Waals surface area contributed by atoms with Gasteiger partial charge in [-0.2, -0.15) is 5.26 Å². The predicted molar refractivity (Wildman–Crippen MR) is 87.1 cm³/mol. The summed E-state index contributed by atoms with van der Waals surface area (Å²) in [5.74, 6) is 0. The Balaban J connectivity index is 2.24. The Morgan fingerprint density at radius 1 is 0.952 bits per heavy atom. The summed E-state index contributed by atoms with van der Waals surface area (Å²) in [6.07, 6.45) is 0. The van der Waals surface area contributed by atoms with Gasteiger partial charge in [0, 0.05) is 11.1 Å². The molecule has 0 N–H and O–H groups in total. The Morgan fingerprint density at radius 2 is 1.57 bits per heavy atom. The van der Waals surface area contributed by atoms with Crippen LogP contribution in [0.2, 0.25) is 0 Å². The number of nitriles is 1. The molecule has 2 rings (SSSR count). The molecule has 0 aromatic heterocycles. The monoisotopic (exact) mass is 315 g/mol. The smallest absolute Gasteiger partial charge is 0.159 e. The molecule has 0 aliphatic carbocycles. The van der Waals surface area contributed by atoms with E-state index in [1.165, 1.54) is 0 Å². The number of hydrogen-bond donors (Lipinski definition) is 0. The maximum atomic E-state index is 8.74. The van der Waals surface area contributed by atoms with E-state index >= 15 is 0 Å². The van der Waals surface area contributed by atoms with Gasteiger partial charge in [0.05, 0.1) is 11.6 Å². The lowest BCUT2D eigenvalue weighted by Crippen LogP contribution is -1.95. The van der Waals surface area contributed by atoms with Gasteiger partial charge in [0.25, 0.3) is 0 Å². The van der Waals surface area contributed by atoms with E-state index in [0.717, 1.165) is 11.1 Å². The van der Waals surface area contributed by atoms with Crippen LogP contribution in [0.3, 0.4) is 0 Å². The van der Waals surface area contributed by atoms with Crippen LogP contribution in [0.1, 0.15) is 22.3 Å². The van der Waals surface area contributed by atoms with Crippen molar-refractivity contribution in [2.24, 2.45) is 10.2 Å². The highest BCUT2D eigenvalue weighted by atomic mass is 35.5. The number of halogens is 2. The highest BCUT2D eigenvalue weighted by Gasteiger charge is 2.04. The largest absolute Gasteiger partial charge is 0.192 e. The first-order valence-electron chi connectivity index (χ1n) is 6.15. The van der Waals surface area contributed by atoms with Crippen LogP contribution in [0, 0.1) is 18.3 Å². The molecule has 0 heterocycles. The molecular weight excluding hydrogens is 305 g/mol. The predicted octanol–water partition coefficient (Wildman–Crippen LogP) is 4.45. The summed E-state index contributed by atoms with van der Waals surface area (Å²) >= 11 is 12.2. The summed E-state index contributed by atoms with van der Waals surface area (Å²) in [6, 6.07) is 16.4. The molecular formula is C16H11Cl2N3. The number of aryl methyl sites for hydroxylation is 1. The van der Waals surface area contributed by atoms with E-state index in [2.05, 4.69) is 10.2 Å². The maximum Gasteiger partial charge on any atom is 0.159 e. The van der Waals surface area contributed by atoms with Crippen molar-refractivity contribution in [1.29, 1.82) is 5.26 Å². The van der Waals surface area contributed by atoms with Gasteiger partial charge < -0.3 is 0 Å². The van der Waals surface area contributed by atoms with Crippen molar-refractivity contribution in [3.63, 3.8) is 0 Å². The van der Waals surface area contributed by atoms with Gasteiger partial charge in [0.15, 0.2) is 10.3 Å². The third kappa shape index (κ3) is 3.91. The lowest BCUT2D eigenvalue weighted by atomic mass is 10.1. The van der Waals surface area contributed by atoms with Gasteiger partial charge in [-0.05, 0) is 24.6 Å². The van der Waals surface area contributed by atoms with Crippen LogP contribution in [0.15, 0.2) is 58.7 Å². The van der Waals surface area contributed by atoms with E-state index in [1.807, 2.05) is 37.3 Å². The van der Waals surface area contributed by atoms with Crippen molar-refractivity contribution >= 4 is 33.5 Å². The fraction of sp³-hybridized carbons (Fsp3) is 0.0625. The topological polar surface area (TPSA) is 48.5 Å². The Labute approximate surface area is 133 Å². The minimum atomic E-state index is 0.214. The first-order valence-corrected chi connectivity index (χ1v) is 6.90. The molecule has 0 aliphatic heterocycles. The van der Waals surface area contributed by atoms with Crippen LogP contribution in [0.5, 0.6) is 0 Å². The molecule has 2 aromatic rings. The molecule has 3 nitrogen and oxygen atoms in total. The number of rotatable bonds is 3. The molecule has 0 spiro atoms. The molecule has 21 heavy (non-hydrogen) atoms. The van der Waals surface area contributed by atoms with Gasteiger partial charge in [-0.15, -0.1) is 10.2 Å². The molecule has 0 saturated carbocycles. The average Bonchev–Trinajstić information content (AvgIpc) is 2.52. The van der Waals surface area contributed by atoms with Crippen LogP contribution in [0.4, 0.5) is 0 Å². The number of benzene rings is 2. The average molecular weight is 316 g/mol. The van der Waals surface area contributed by atoms with Crippen molar-refractivity contribution in [1.82, 2.24) is 0 Å². The van der Waals surface area contributed by atoms with E-state index in [-0.39, 0.29) is 10.3 Å². The second-order valence-electron chi connectivity index (χ2n) is 4.29. The van der Waals surface area contributed by atoms with Gasteiger partial charge in [-0.3, -0.25) is 0 Å². The van der Waals surface area contributed by atoms with E-state index in [9.17, 15) is 0 Å². The minimum absolute atomic E-state index is 0.214. The first kappa shape index (κ1) is 15.2. The van der Waals surface area contributed by atoms with Crippen molar-refractivity contribution in [3.8, 4) is 6.07 Å². The van der Waals surface area contributed by atoms with Gasteiger partial charge in [0.1, 0.15) is 0 Å². The lowest BCUT2D eigenvalue weighted by Gasteiger charge is -2.01. The molecule has 0 atom stereocenters. The van der Waals surface area contributed by atoms with Crippen LogP contribution in [-0.2, 0) is 0 Å². The fourth-order valence-electron chi connectivity index (χ4n) is 1.69. The zero-order chi connectivity index (χ0) is 15.2. The normalized spacial score (nSPS) is 12.1. The number of hydrogen-bond acceptors (Lipinski definition) is 3. The van der Waals surface area contributed by atoms with Crippen molar-refractivity contribution < 1.29 is 0 Å². The standard InChI is InChI=1S/C16H11Cl2N3/c1-11-4-2-3-5-14(11)16(18)21-20-15(17)13-8-6-12(10-19)7-9-13/h2-9H,1H3/b20-15-,21-16-. The fourth-order valence-corrected chi connectivity index (χ4v) is 2.10. The molecule has 104 valence electrons. The Kier molecular flexibility index (Phi) is 5.10. The van der Waals surface area contributed by atoms with Gasteiger partial charge in [-0.1, -0.05) is 59.6 Å². The lowest BCUT2D eigenvalue weighted by molar-refractivity contribution is 1.25. The third-order valence-electron chi connectivity index (χ3n) is 2.85. The summed E-state index contributed by atoms with van der Waals surface area (Å²) in [5.41, 5.74) is 3.06. The van der Waals surface area contributed by atoms with Crippen LogP contribution in [0.25, 0.3) is 0 Å². The quantitative estimate of drug-likeness (QED) is 0.609. The SMILES string of the molecule is Cc1ccccc1/C(Cl)=N/N=C(\Cl)c1ccc(C#N)cc1. The van der Waals surface area contributed by atoms with Gasteiger partial charge in [-0.25, -0.2) is 0 Å². The van der Waals surface area contributed by atoms with Crippen molar-refractivity contribution in [3.05, 3.63) is 70.8 Å². The highest BCUT2D eigenvalue weighted by molar-refractivity contribution is 6.71. The van der Waals surface area contributed by atoms with E-state index < -0.39 is 0 Å². The van der Waals surface area contributed by atoms with E-state index in [1.54, 1.807) is 24.3 Å². The number of nitrogens with zero attached hydrogens (tertiary/aromatic N) is 3. The first-order chi connectivity index (χ1) is 10.1. The summed E-state index contributed by atoms with van der Waals surface area (Å²) in [7, 11) is 0. The molecule has 0 radical (unpaired) electrons. The van der Waals surface area contributed by atoms with Gasteiger partial charge >= 0.3 is 0 Å². The summed E-state index contributed by atoms with van der Waals surface area (Å²) < 4.78 is 0. The maximum absolute atomic E-state index is 8.74. The molecule has 0 saturated heterocycles. The molecule has 5 heteroatoms. The Morgan fingerprint density at radius 3 is 2.19 bits per heavy atom. The van der Waals surface area contributed by atoms with Crippen LogP contribution in [-0.4, -0.2) is 10.3 Å². The zero-order valence-corrected chi connectivity index (χ0v) is 12.7. The summed E-state index contributed by atoms with van der Waals surface area (Å²) in [4.78, 5) is 0. The highest BCUT2D eigenvalue weighted by Crippen LogP contribution is 2.13. The Bertz CT molecular complexity index is 741. The van der Waals surface area contributed by atoms with Crippen molar-refractivity contribution in [2.75, 3.05) is 0 Å².